The van der Waals surface area contributed by atoms with Gasteiger partial charge in [0, 0.05) is 13.1 Å². The first kappa shape index (κ1) is 23.1. The Kier molecular flexibility index (Phi) is 8.26. The summed E-state index contributed by atoms with van der Waals surface area (Å²) in [5.41, 5.74) is 3.98. The number of halogens is 4. The zero-order valence-electron chi connectivity index (χ0n) is 14.5. The molecule has 26 heavy (non-hydrogen) atoms. The van der Waals surface area contributed by atoms with E-state index in [1.165, 1.54) is 12.1 Å². The van der Waals surface area contributed by atoms with Crippen LogP contribution in [0.5, 0.6) is 0 Å². The highest BCUT2D eigenvalue weighted by Crippen LogP contribution is 2.36. The first-order valence-corrected chi connectivity index (χ1v) is 9.50. The molecule has 0 aromatic heterocycles. The zero-order valence-corrected chi connectivity index (χ0v) is 16.1. The molecule has 1 aromatic carbocycles. The van der Waals surface area contributed by atoms with Gasteiger partial charge in [-0.25, -0.2) is 0 Å². The van der Waals surface area contributed by atoms with Crippen LogP contribution in [-0.4, -0.2) is 47.1 Å². The Morgan fingerprint density at radius 2 is 2.00 bits per heavy atom. The number of nitrogens with two attached hydrogens (primary N) is 1. The second-order valence-corrected chi connectivity index (χ2v) is 7.31. The number of hydrogen-bond donors (Lipinski definition) is 2. The number of thioether (sulfide) groups is 1. The fourth-order valence-electron chi connectivity index (χ4n) is 2.97. The quantitative estimate of drug-likeness (QED) is 0.780. The van der Waals surface area contributed by atoms with Crippen molar-refractivity contribution in [3.05, 3.63) is 35.4 Å². The average Bonchev–Trinajstić information content (AvgIpc) is 2.59. The third-order valence-corrected chi connectivity index (χ3v) is 5.22. The van der Waals surface area contributed by atoms with Gasteiger partial charge in [0.15, 0.2) is 0 Å². The maximum atomic E-state index is 12.9. The molecule has 4 nitrogen and oxygen atoms in total. The van der Waals surface area contributed by atoms with Gasteiger partial charge in [0.2, 0.25) is 5.91 Å². The lowest BCUT2D eigenvalue weighted by Crippen LogP contribution is -2.50. The molecule has 0 unspecified atom stereocenters. The lowest BCUT2D eigenvalue weighted by Gasteiger charge is -2.39. The van der Waals surface area contributed by atoms with Gasteiger partial charge in [-0.1, -0.05) is 12.1 Å². The number of aliphatic hydroxyl groups is 1. The highest BCUT2D eigenvalue weighted by Gasteiger charge is 2.38. The van der Waals surface area contributed by atoms with Crippen molar-refractivity contribution in [2.45, 2.75) is 37.1 Å². The first-order chi connectivity index (χ1) is 11.7. The predicted molar refractivity (Wildman–Crippen MR) is 99.4 cm³/mol. The summed E-state index contributed by atoms with van der Waals surface area (Å²) in [6, 6.07) is 4.19. The average molecular weight is 413 g/mol. The molecule has 3 N–H and O–H groups in total. The molecule has 1 fully saturated rings. The van der Waals surface area contributed by atoms with E-state index in [-0.39, 0.29) is 49.8 Å². The molecule has 2 rings (SSSR count). The standard InChI is InChI=1S/C17H23F3N2O2S.ClH/c1-25-10-5-14(21)15(23)22-8-6-16(24,7-9-22)12-3-2-4-13(11-12)17(18,19)20;/h2-4,11,14,24H,5-10,21H2,1H3;1H/t14-;/m0./s1. The number of rotatable bonds is 5. The van der Waals surface area contributed by atoms with Crippen LogP contribution in [-0.2, 0) is 16.6 Å². The molecule has 1 aliphatic heterocycles. The van der Waals surface area contributed by atoms with E-state index in [0.717, 1.165) is 17.9 Å². The van der Waals surface area contributed by atoms with Gasteiger partial charge in [0.25, 0.3) is 0 Å². The molecule has 1 aromatic rings. The Morgan fingerprint density at radius 3 is 2.54 bits per heavy atom. The molecule has 0 aliphatic carbocycles. The van der Waals surface area contributed by atoms with Crippen molar-refractivity contribution in [3.63, 3.8) is 0 Å². The molecule has 0 radical (unpaired) electrons. The third-order valence-electron chi connectivity index (χ3n) is 4.58. The predicted octanol–water partition coefficient (Wildman–Crippen LogP) is 3.02. The van der Waals surface area contributed by atoms with Crippen molar-refractivity contribution >= 4 is 30.1 Å². The van der Waals surface area contributed by atoms with E-state index >= 15 is 0 Å². The number of hydrogen-bond acceptors (Lipinski definition) is 4. The maximum Gasteiger partial charge on any atom is 0.416 e. The van der Waals surface area contributed by atoms with Gasteiger partial charge in [-0.3, -0.25) is 4.79 Å². The van der Waals surface area contributed by atoms with E-state index in [1.807, 2.05) is 6.26 Å². The SMILES string of the molecule is CSCC[C@H](N)C(=O)N1CCC(O)(c2cccc(C(F)(F)F)c2)CC1.Cl. The van der Waals surface area contributed by atoms with Crippen LogP contribution >= 0.6 is 24.2 Å². The van der Waals surface area contributed by atoms with Gasteiger partial charge in [0.05, 0.1) is 17.2 Å². The van der Waals surface area contributed by atoms with Crippen LogP contribution in [0.4, 0.5) is 13.2 Å². The molecule has 0 saturated carbocycles. The van der Waals surface area contributed by atoms with Crippen molar-refractivity contribution < 1.29 is 23.1 Å². The van der Waals surface area contributed by atoms with Crippen LogP contribution in [0.3, 0.4) is 0 Å². The van der Waals surface area contributed by atoms with E-state index in [2.05, 4.69) is 0 Å². The van der Waals surface area contributed by atoms with Crippen LogP contribution in [0.15, 0.2) is 24.3 Å². The second-order valence-electron chi connectivity index (χ2n) is 6.32. The molecule has 1 aliphatic rings. The van der Waals surface area contributed by atoms with Crippen LogP contribution < -0.4 is 5.73 Å². The summed E-state index contributed by atoms with van der Waals surface area (Å²) >= 11 is 1.61. The largest absolute Gasteiger partial charge is 0.416 e. The monoisotopic (exact) mass is 412 g/mol. The molecule has 0 spiro atoms. The normalized spacial score (nSPS) is 18.2. The van der Waals surface area contributed by atoms with Gasteiger partial charge in [-0.2, -0.15) is 24.9 Å². The molecule has 1 amide bonds. The summed E-state index contributed by atoms with van der Waals surface area (Å²) < 4.78 is 38.6. The maximum absolute atomic E-state index is 12.9. The van der Waals surface area contributed by atoms with Gasteiger partial charge in [-0.15, -0.1) is 12.4 Å². The van der Waals surface area contributed by atoms with E-state index in [4.69, 9.17) is 5.73 Å². The number of carbonyl (C=O) groups excluding carboxylic acids is 1. The van der Waals surface area contributed by atoms with E-state index in [9.17, 15) is 23.1 Å². The van der Waals surface area contributed by atoms with Crippen LogP contribution in [0.1, 0.15) is 30.4 Å². The van der Waals surface area contributed by atoms with Gasteiger partial charge in [0.1, 0.15) is 0 Å². The fourth-order valence-corrected chi connectivity index (χ4v) is 3.46. The third kappa shape index (κ3) is 5.52. The summed E-state index contributed by atoms with van der Waals surface area (Å²) in [7, 11) is 0. The summed E-state index contributed by atoms with van der Waals surface area (Å²) in [6.45, 7) is 0.553. The Hall–Kier alpha value is -0.960. The fraction of sp³-hybridized carbons (Fsp3) is 0.588. The summed E-state index contributed by atoms with van der Waals surface area (Å²) in [5, 5.41) is 10.8. The Bertz CT molecular complexity index is 608. The highest BCUT2D eigenvalue weighted by atomic mass is 35.5. The van der Waals surface area contributed by atoms with Crippen LogP contribution in [0.2, 0.25) is 0 Å². The lowest BCUT2D eigenvalue weighted by atomic mass is 9.83. The zero-order chi connectivity index (χ0) is 18.7. The van der Waals surface area contributed by atoms with E-state index < -0.39 is 23.4 Å². The molecular formula is C17H24ClF3N2O2S. The first-order valence-electron chi connectivity index (χ1n) is 8.11. The number of carbonyl (C=O) groups is 1. The van der Waals surface area contributed by atoms with Gasteiger partial charge >= 0.3 is 6.18 Å². The minimum atomic E-state index is -4.45. The highest BCUT2D eigenvalue weighted by molar-refractivity contribution is 7.98. The smallest absolute Gasteiger partial charge is 0.385 e. The van der Waals surface area contributed by atoms with E-state index in [0.29, 0.717) is 6.42 Å². The topological polar surface area (TPSA) is 66.6 Å². The molecule has 1 heterocycles. The molecule has 9 heteroatoms. The molecule has 1 saturated heterocycles. The molecular weight excluding hydrogens is 389 g/mol. The number of likely N-dealkylation sites (tertiary alicyclic amines) is 1. The molecule has 148 valence electrons. The number of benzene rings is 1. The minimum absolute atomic E-state index is 0. The van der Waals surface area contributed by atoms with Gasteiger partial charge in [-0.05, 0) is 49.0 Å². The summed E-state index contributed by atoms with van der Waals surface area (Å²) in [6.07, 6.45) is -1.56. The minimum Gasteiger partial charge on any atom is -0.385 e. The number of alkyl halides is 3. The van der Waals surface area contributed by atoms with Crippen LogP contribution in [0.25, 0.3) is 0 Å². The number of amides is 1. The Labute approximate surface area is 161 Å². The Balaban J connectivity index is 0.00000338. The second kappa shape index (κ2) is 9.30. The summed E-state index contributed by atoms with van der Waals surface area (Å²) in [5.74, 6) is 0.620. The van der Waals surface area contributed by atoms with Crippen molar-refractivity contribution in [2.24, 2.45) is 5.73 Å². The molecule has 0 bridgehead atoms. The summed E-state index contributed by atoms with van der Waals surface area (Å²) in [4.78, 5) is 13.9. The van der Waals surface area contributed by atoms with E-state index in [1.54, 1.807) is 16.7 Å². The number of nitrogens with zero attached hydrogens (tertiary/aromatic N) is 1. The van der Waals surface area contributed by atoms with Crippen LogP contribution in [0, 0.1) is 0 Å². The lowest BCUT2D eigenvalue weighted by molar-refractivity contribution is -0.138. The van der Waals surface area contributed by atoms with Crippen molar-refractivity contribution in [3.8, 4) is 0 Å². The molecule has 1 atom stereocenters. The number of piperidine rings is 1. The van der Waals surface area contributed by atoms with Crippen molar-refractivity contribution in [1.82, 2.24) is 4.90 Å². The van der Waals surface area contributed by atoms with Crippen molar-refractivity contribution in [2.75, 3.05) is 25.1 Å². The van der Waals surface area contributed by atoms with Gasteiger partial charge < -0.3 is 15.7 Å². The Morgan fingerprint density at radius 1 is 1.38 bits per heavy atom. The van der Waals surface area contributed by atoms with Crippen molar-refractivity contribution in [1.29, 1.82) is 0 Å².